The molecule has 2 N–H and O–H groups in total. The first-order chi connectivity index (χ1) is 12.5. The maximum absolute atomic E-state index is 12.1. The first-order valence-electron chi connectivity index (χ1n) is 8.45. The summed E-state index contributed by atoms with van der Waals surface area (Å²) >= 11 is 0. The van der Waals surface area contributed by atoms with Gasteiger partial charge in [0.2, 0.25) is 0 Å². The first kappa shape index (κ1) is 20.1. The summed E-state index contributed by atoms with van der Waals surface area (Å²) in [6, 6.07) is 13.7. The molecule has 7 heteroatoms. The van der Waals surface area contributed by atoms with Gasteiger partial charge in [-0.2, -0.15) is 0 Å². The van der Waals surface area contributed by atoms with Crippen molar-refractivity contribution < 1.29 is 22.6 Å². The Labute approximate surface area is 151 Å². The fourth-order valence-corrected chi connectivity index (χ4v) is 2.39. The molecule has 2 aromatic rings. The lowest BCUT2D eigenvalue weighted by Gasteiger charge is -2.11. The summed E-state index contributed by atoms with van der Waals surface area (Å²) in [6.07, 6.45) is -4.66. The molecule has 0 aliphatic carbocycles. The van der Waals surface area contributed by atoms with Gasteiger partial charge in [-0.3, -0.25) is 0 Å². The molecule has 0 saturated carbocycles. The molecule has 0 spiro atoms. The van der Waals surface area contributed by atoms with E-state index in [1.165, 1.54) is 12.1 Å². The molecule has 0 fully saturated rings. The van der Waals surface area contributed by atoms with Crippen molar-refractivity contribution in [1.29, 1.82) is 0 Å². The van der Waals surface area contributed by atoms with Crippen LogP contribution in [0, 0.1) is 0 Å². The zero-order valence-corrected chi connectivity index (χ0v) is 14.6. The van der Waals surface area contributed by atoms with Gasteiger partial charge >= 0.3 is 6.36 Å². The molecule has 0 amide bonds. The minimum Gasteiger partial charge on any atom is -0.494 e. The van der Waals surface area contributed by atoms with Gasteiger partial charge in [0.1, 0.15) is 11.5 Å². The van der Waals surface area contributed by atoms with Gasteiger partial charge < -0.3 is 20.1 Å². The third-order valence-corrected chi connectivity index (χ3v) is 3.55. The van der Waals surface area contributed by atoms with Gasteiger partial charge in [0.05, 0.1) is 6.61 Å². The lowest BCUT2D eigenvalue weighted by Crippen LogP contribution is -2.26. The fraction of sp³-hybridized carbons (Fsp3) is 0.368. The van der Waals surface area contributed by atoms with E-state index in [2.05, 4.69) is 15.4 Å². The molecular formula is C19H23F3N2O2. The van der Waals surface area contributed by atoms with E-state index in [4.69, 9.17) is 4.74 Å². The molecule has 0 aromatic heterocycles. The summed E-state index contributed by atoms with van der Waals surface area (Å²) in [4.78, 5) is 0. The molecule has 0 aliphatic rings. The van der Waals surface area contributed by atoms with Gasteiger partial charge in [-0.15, -0.1) is 13.2 Å². The zero-order chi connectivity index (χ0) is 18.8. The van der Waals surface area contributed by atoms with Crippen LogP contribution in [0.4, 0.5) is 13.2 Å². The Balaban J connectivity index is 1.65. The van der Waals surface area contributed by atoms with Gasteiger partial charge in [0, 0.05) is 31.7 Å². The minimum atomic E-state index is -4.66. The van der Waals surface area contributed by atoms with E-state index in [1.807, 2.05) is 31.2 Å². The second-order valence-corrected chi connectivity index (χ2v) is 5.59. The summed E-state index contributed by atoms with van der Waals surface area (Å²) in [5.74, 6) is 0.674. The summed E-state index contributed by atoms with van der Waals surface area (Å²) in [6.45, 7) is 5.36. The quantitative estimate of drug-likeness (QED) is 0.625. The number of benzene rings is 2. The number of alkyl halides is 3. The van der Waals surface area contributed by atoms with Gasteiger partial charge in [-0.25, -0.2) is 0 Å². The van der Waals surface area contributed by atoms with Crippen molar-refractivity contribution in [3.05, 3.63) is 59.7 Å². The second-order valence-electron chi connectivity index (χ2n) is 5.59. The average molecular weight is 368 g/mol. The molecule has 2 rings (SSSR count). The van der Waals surface area contributed by atoms with E-state index in [-0.39, 0.29) is 5.75 Å². The highest BCUT2D eigenvalue weighted by Crippen LogP contribution is 2.22. The molecular weight excluding hydrogens is 345 g/mol. The van der Waals surface area contributed by atoms with Gasteiger partial charge in [-0.05, 0) is 30.7 Å². The molecule has 0 saturated heterocycles. The number of hydrogen-bond acceptors (Lipinski definition) is 4. The van der Waals surface area contributed by atoms with Gasteiger partial charge in [0.15, 0.2) is 0 Å². The highest BCUT2D eigenvalue weighted by Gasteiger charge is 2.30. The van der Waals surface area contributed by atoms with Crippen LogP contribution in [0.5, 0.6) is 11.5 Å². The van der Waals surface area contributed by atoms with Gasteiger partial charge in [-0.1, -0.05) is 30.3 Å². The number of ether oxygens (including phenoxy) is 2. The van der Waals surface area contributed by atoms with Crippen molar-refractivity contribution in [3.8, 4) is 11.5 Å². The van der Waals surface area contributed by atoms with Crippen molar-refractivity contribution in [2.24, 2.45) is 0 Å². The normalized spacial score (nSPS) is 11.4. The third-order valence-electron chi connectivity index (χ3n) is 3.55. The molecule has 0 radical (unpaired) electrons. The Morgan fingerprint density at radius 2 is 1.54 bits per heavy atom. The molecule has 0 atom stereocenters. The number of rotatable bonds is 10. The van der Waals surface area contributed by atoms with E-state index in [9.17, 15) is 13.2 Å². The maximum Gasteiger partial charge on any atom is 0.573 e. The van der Waals surface area contributed by atoms with Crippen molar-refractivity contribution in [2.75, 3.05) is 19.7 Å². The van der Waals surface area contributed by atoms with Crippen molar-refractivity contribution in [2.45, 2.75) is 26.4 Å². The van der Waals surface area contributed by atoms with Crippen LogP contribution < -0.4 is 20.1 Å². The van der Waals surface area contributed by atoms with Crippen molar-refractivity contribution >= 4 is 0 Å². The smallest absolute Gasteiger partial charge is 0.494 e. The van der Waals surface area contributed by atoms with Crippen LogP contribution in [0.2, 0.25) is 0 Å². The van der Waals surface area contributed by atoms with Crippen LogP contribution in [0.15, 0.2) is 48.5 Å². The van der Waals surface area contributed by atoms with Crippen molar-refractivity contribution in [1.82, 2.24) is 10.6 Å². The molecule has 0 bridgehead atoms. The predicted octanol–water partition coefficient (Wildman–Crippen LogP) is 3.86. The second kappa shape index (κ2) is 10.0. The number of nitrogens with one attached hydrogen (secondary N) is 2. The van der Waals surface area contributed by atoms with E-state index >= 15 is 0 Å². The number of para-hydroxylation sites is 1. The molecule has 142 valence electrons. The maximum atomic E-state index is 12.1. The summed E-state index contributed by atoms with van der Waals surface area (Å²) < 4.78 is 45.7. The molecule has 2 aromatic carbocycles. The summed E-state index contributed by atoms with van der Waals surface area (Å²) in [5.41, 5.74) is 2.00. The molecule has 0 heterocycles. The largest absolute Gasteiger partial charge is 0.573 e. The Hall–Kier alpha value is -2.25. The Kier molecular flexibility index (Phi) is 7.74. The third kappa shape index (κ3) is 7.33. The van der Waals surface area contributed by atoms with E-state index in [0.717, 1.165) is 30.0 Å². The average Bonchev–Trinajstić information content (AvgIpc) is 2.59. The van der Waals surface area contributed by atoms with Crippen LogP contribution in [0.3, 0.4) is 0 Å². The molecule has 0 unspecified atom stereocenters. The summed E-state index contributed by atoms with van der Waals surface area (Å²) in [5, 5.41) is 6.57. The fourth-order valence-electron chi connectivity index (χ4n) is 2.39. The van der Waals surface area contributed by atoms with E-state index in [1.54, 1.807) is 12.1 Å². The van der Waals surface area contributed by atoms with Crippen molar-refractivity contribution in [3.63, 3.8) is 0 Å². The van der Waals surface area contributed by atoms with Crippen LogP contribution in [-0.4, -0.2) is 26.1 Å². The highest BCUT2D eigenvalue weighted by atomic mass is 19.4. The Bertz CT molecular complexity index is 661. The number of halogens is 3. The molecule has 26 heavy (non-hydrogen) atoms. The standard InChI is InChI=1S/C19H23F3N2O2/c1-2-25-18-6-4-3-5-16(18)14-24-12-11-23-13-15-7-9-17(10-8-15)26-19(20,21)22/h3-10,23-24H,2,11-14H2,1H3. The topological polar surface area (TPSA) is 42.5 Å². The zero-order valence-electron chi connectivity index (χ0n) is 14.6. The lowest BCUT2D eigenvalue weighted by molar-refractivity contribution is -0.274. The lowest BCUT2D eigenvalue weighted by atomic mass is 10.2. The van der Waals surface area contributed by atoms with Crippen LogP contribution in [0.1, 0.15) is 18.1 Å². The SMILES string of the molecule is CCOc1ccccc1CNCCNCc1ccc(OC(F)(F)F)cc1. The van der Waals surface area contributed by atoms with Crippen LogP contribution >= 0.6 is 0 Å². The predicted molar refractivity (Wildman–Crippen MR) is 94.1 cm³/mol. The molecule has 0 aliphatic heterocycles. The monoisotopic (exact) mass is 368 g/mol. The first-order valence-corrected chi connectivity index (χ1v) is 8.45. The van der Waals surface area contributed by atoms with Crippen LogP contribution in [0.25, 0.3) is 0 Å². The highest BCUT2D eigenvalue weighted by molar-refractivity contribution is 5.33. The van der Waals surface area contributed by atoms with Crippen LogP contribution in [-0.2, 0) is 13.1 Å². The minimum absolute atomic E-state index is 0.212. The van der Waals surface area contributed by atoms with Gasteiger partial charge in [0.25, 0.3) is 0 Å². The Morgan fingerprint density at radius 1 is 0.885 bits per heavy atom. The number of hydrogen-bond donors (Lipinski definition) is 2. The molecule has 4 nitrogen and oxygen atoms in total. The summed E-state index contributed by atoms with van der Waals surface area (Å²) in [7, 11) is 0. The van der Waals surface area contributed by atoms with E-state index < -0.39 is 6.36 Å². The Morgan fingerprint density at radius 3 is 2.19 bits per heavy atom. The van der Waals surface area contributed by atoms with E-state index in [0.29, 0.717) is 19.7 Å².